The van der Waals surface area contributed by atoms with E-state index in [9.17, 15) is 27.6 Å². The third kappa shape index (κ3) is 7.54. The van der Waals surface area contributed by atoms with Crippen molar-refractivity contribution in [2.45, 2.75) is 58.9 Å². The lowest BCUT2D eigenvalue weighted by Gasteiger charge is -2.29. The van der Waals surface area contributed by atoms with E-state index in [0.29, 0.717) is 24.4 Å². The number of ether oxygens (including phenoxy) is 3. The Morgan fingerprint density at radius 2 is 1.72 bits per heavy atom. The fourth-order valence-corrected chi connectivity index (χ4v) is 4.82. The highest BCUT2D eigenvalue weighted by atomic mass is 19.4. The lowest BCUT2D eigenvalue weighted by Crippen LogP contribution is -2.42. The minimum absolute atomic E-state index is 0.0928. The fraction of sp³-hybridized carbons (Fsp3) is 0.419. The highest BCUT2D eigenvalue weighted by molar-refractivity contribution is 6.00. The minimum Gasteiger partial charge on any atom is -0.487 e. The van der Waals surface area contributed by atoms with Gasteiger partial charge in [-0.2, -0.15) is 18.3 Å². The monoisotopic (exact) mass is 601 g/mol. The Morgan fingerprint density at radius 1 is 1.02 bits per heavy atom. The minimum atomic E-state index is -4.61. The lowest BCUT2D eigenvalue weighted by molar-refractivity contribution is -0.163. The van der Waals surface area contributed by atoms with Crippen LogP contribution >= 0.6 is 0 Å². The zero-order chi connectivity index (χ0) is 31.5. The van der Waals surface area contributed by atoms with Crippen LogP contribution in [0.15, 0.2) is 54.6 Å². The molecule has 4 rings (SSSR count). The zero-order valence-electron chi connectivity index (χ0n) is 24.6. The van der Waals surface area contributed by atoms with Crippen molar-refractivity contribution in [3.8, 4) is 11.4 Å². The lowest BCUT2D eigenvalue weighted by atomic mass is 9.89. The molecule has 1 aliphatic rings. The van der Waals surface area contributed by atoms with Crippen molar-refractivity contribution in [3.63, 3.8) is 0 Å². The number of hydrogen-bond donors (Lipinski definition) is 0. The van der Waals surface area contributed by atoms with E-state index < -0.39 is 47.2 Å². The van der Waals surface area contributed by atoms with E-state index in [0.717, 1.165) is 16.3 Å². The molecule has 2 aromatic carbocycles. The summed E-state index contributed by atoms with van der Waals surface area (Å²) >= 11 is 0. The Kier molecular flexibility index (Phi) is 9.17. The Balaban J connectivity index is 1.50. The third-order valence-corrected chi connectivity index (χ3v) is 6.96. The van der Waals surface area contributed by atoms with Crippen molar-refractivity contribution in [3.05, 3.63) is 71.5 Å². The maximum absolute atomic E-state index is 13.7. The molecule has 2 unspecified atom stereocenters. The van der Waals surface area contributed by atoms with E-state index in [2.05, 4.69) is 5.10 Å². The van der Waals surface area contributed by atoms with Gasteiger partial charge in [-0.3, -0.25) is 14.4 Å². The van der Waals surface area contributed by atoms with Gasteiger partial charge in [0.05, 0.1) is 31.1 Å². The number of nitrogens with zero attached hydrogens (tertiary/aromatic N) is 3. The van der Waals surface area contributed by atoms with Crippen LogP contribution in [0.3, 0.4) is 0 Å². The number of para-hydroxylation sites is 1. The molecule has 0 radical (unpaired) electrons. The van der Waals surface area contributed by atoms with Crippen LogP contribution in [-0.2, 0) is 43.1 Å². The highest BCUT2D eigenvalue weighted by Gasteiger charge is 2.40. The Hall–Kier alpha value is -4.35. The van der Waals surface area contributed by atoms with Crippen molar-refractivity contribution in [1.29, 1.82) is 0 Å². The van der Waals surface area contributed by atoms with Crippen LogP contribution in [0.25, 0.3) is 5.69 Å². The van der Waals surface area contributed by atoms with Gasteiger partial charge in [0, 0.05) is 12.2 Å². The Labute approximate surface area is 247 Å². The molecular weight excluding hydrogens is 567 g/mol. The second-order valence-electron chi connectivity index (χ2n) is 11.3. The van der Waals surface area contributed by atoms with Gasteiger partial charge in [-0.1, -0.05) is 25.1 Å². The number of amides is 1. The number of halogens is 3. The largest absolute Gasteiger partial charge is 0.487 e. The van der Waals surface area contributed by atoms with E-state index in [1.54, 1.807) is 64.1 Å². The maximum atomic E-state index is 13.7. The maximum Gasteiger partial charge on any atom is 0.433 e. The second kappa shape index (κ2) is 12.5. The number of aromatic nitrogens is 2. The number of methoxy groups -OCH3 is 1. The number of hydrogen-bond acceptors (Lipinski definition) is 7. The van der Waals surface area contributed by atoms with E-state index in [4.69, 9.17) is 14.2 Å². The van der Waals surface area contributed by atoms with Crippen molar-refractivity contribution < 1.29 is 41.8 Å². The van der Waals surface area contributed by atoms with Crippen LogP contribution in [0, 0.1) is 11.8 Å². The summed E-state index contributed by atoms with van der Waals surface area (Å²) in [5.74, 6) is -3.16. The average Bonchev–Trinajstić information content (AvgIpc) is 3.58. The second-order valence-corrected chi connectivity index (χ2v) is 11.3. The van der Waals surface area contributed by atoms with Gasteiger partial charge in [-0.25, -0.2) is 4.68 Å². The molecule has 1 amide bonds. The molecule has 2 atom stereocenters. The molecule has 0 spiro atoms. The first-order chi connectivity index (χ1) is 20.2. The van der Waals surface area contributed by atoms with Crippen molar-refractivity contribution in [1.82, 2.24) is 9.78 Å². The number of carbonyl (C=O) groups excluding carboxylic acids is 3. The topological polar surface area (TPSA) is 100.0 Å². The molecule has 0 aliphatic carbocycles. The fourth-order valence-electron chi connectivity index (χ4n) is 4.82. The molecule has 12 heteroatoms. The molecule has 0 fully saturated rings. The number of rotatable bonds is 9. The molecule has 0 N–H and O–H groups in total. The smallest absolute Gasteiger partial charge is 0.433 e. The number of benzene rings is 2. The van der Waals surface area contributed by atoms with Crippen LogP contribution in [0.4, 0.5) is 18.9 Å². The van der Waals surface area contributed by atoms with Crippen LogP contribution < -0.4 is 9.64 Å². The van der Waals surface area contributed by atoms with Gasteiger partial charge in [0.1, 0.15) is 29.3 Å². The van der Waals surface area contributed by atoms with Crippen LogP contribution in [0.5, 0.6) is 5.75 Å². The van der Waals surface area contributed by atoms with Gasteiger partial charge in [0.15, 0.2) is 0 Å². The molecule has 1 aliphatic heterocycles. The van der Waals surface area contributed by atoms with Gasteiger partial charge >= 0.3 is 18.1 Å². The highest BCUT2D eigenvalue weighted by Crippen LogP contribution is 2.35. The van der Waals surface area contributed by atoms with Crippen molar-refractivity contribution >= 4 is 23.5 Å². The first-order valence-electron chi connectivity index (χ1n) is 13.8. The molecule has 1 aromatic heterocycles. The average molecular weight is 602 g/mol. The molecule has 0 saturated heterocycles. The molecule has 0 bridgehead atoms. The number of anilines is 1. The Morgan fingerprint density at radius 3 is 2.35 bits per heavy atom. The normalized spacial score (nSPS) is 14.6. The summed E-state index contributed by atoms with van der Waals surface area (Å²) in [6.07, 6.45) is -4.43. The van der Waals surface area contributed by atoms with E-state index in [1.165, 1.54) is 24.1 Å². The van der Waals surface area contributed by atoms with Crippen LogP contribution in [0.2, 0.25) is 0 Å². The summed E-state index contributed by atoms with van der Waals surface area (Å²) in [5.41, 5.74) is 0.0526. The van der Waals surface area contributed by atoms with E-state index in [-0.39, 0.29) is 24.4 Å². The number of esters is 2. The Bertz CT molecular complexity index is 1480. The molecule has 9 nitrogen and oxygen atoms in total. The molecular formula is C31H34F3N3O6. The summed E-state index contributed by atoms with van der Waals surface area (Å²) in [7, 11) is 1.21. The van der Waals surface area contributed by atoms with Crippen molar-refractivity contribution in [2.75, 3.05) is 18.6 Å². The SMILES string of the molecule is COC(=O)CC(C(=O)N1CCc2cc(OCc3cc(C(F)(F)F)n(-c4ccccc4)n3)ccc21)C(C)C(=O)OC(C)(C)C. The van der Waals surface area contributed by atoms with Gasteiger partial charge in [-0.15, -0.1) is 0 Å². The van der Waals surface area contributed by atoms with Crippen molar-refractivity contribution in [2.24, 2.45) is 11.8 Å². The molecule has 230 valence electrons. The summed E-state index contributed by atoms with van der Waals surface area (Å²) in [6, 6.07) is 14.0. The third-order valence-electron chi connectivity index (χ3n) is 6.96. The number of alkyl halides is 3. The predicted molar refractivity (Wildman–Crippen MR) is 151 cm³/mol. The molecule has 3 aromatic rings. The summed E-state index contributed by atoms with van der Waals surface area (Å²) < 4.78 is 57.9. The summed E-state index contributed by atoms with van der Waals surface area (Å²) in [6.45, 7) is 6.81. The predicted octanol–water partition coefficient (Wildman–Crippen LogP) is 5.52. The van der Waals surface area contributed by atoms with Crippen LogP contribution in [-0.4, -0.2) is 46.9 Å². The number of carbonyl (C=O) groups is 3. The first kappa shape index (κ1) is 31.6. The first-order valence-corrected chi connectivity index (χ1v) is 13.8. The molecule has 43 heavy (non-hydrogen) atoms. The molecule has 2 heterocycles. The summed E-state index contributed by atoms with van der Waals surface area (Å²) in [4.78, 5) is 40.2. The van der Waals surface area contributed by atoms with Gasteiger partial charge < -0.3 is 19.1 Å². The van der Waals surface area contributed by atoms with E-state index >= 15 is 0 Å². The van der Waals surface area contributed by atoms with Crippen LogP contribution in [0.1, 0.15) is 51.1 Å². The number of fused-ring (bicyclic) bond motifs is 1. The van der Waals surface area contributed by atoms with Gasteiger partial charge in [0.2, 0.25) is 5.91 Å². The molecule has 0 saturated carbocycles. The van der Waals surface area contributed by atoms with E-state index in [1.807, 2.05) is 0 Å². The standard InChI is InChI=1S/C31H34F3N3O6/c1-19(29(40)43-30(2,3)4)24(17-27(38)41-5)28(39)36-14-13-20-15-23(11-12-25(20)36)42-18-21-16-26(31(32,33)34)37(35-21)22-9-7-6-8-10-22/h6-12,15-16,19,24H,13-14,17-18H2,1-5H3. The summed E-state index contributed by atoms with van der Waals surface area (Å²) in [5, 5.41) is 4.12. The van der Waals surface area contributed by atoms with Gasteiger partial charge in [0.25, 0.3) is 0 Å². The quantitative estimate of drug-likeness (QED) is 0.298. The zero-order valence-corrected chi connectivity index (χ0v) is 24.6. The van der Waals surface area contributed by atoms with Gasteiger partial charge in [-0.05, 0) is 69.2 Å².